The van der Waals surface area contributed by atoms with Crippen LogP contribution >= 0.6 is 0 Å². The van der Waals surface area contributed by atoms with E-state index in [2.05, 4.69) is 47.0 Å². The maximum Gasteiger partial charge on any atom is 0.102 e. The standard InChI is InChI=1S/C24H42NO/c1-18(2)7-6-8-19(3)9-10-25(4,5)11-12-26-24-22-14-20-13-21(16-22)17-23(24)15-20/h7,9,20-24H,6,8,10-17H2,1-5H3/q+1. The lowest BCUT2D eigenvalue weighted by Gasteiger charge is -2.54. The van der Waals surface area contributed by atoms with Crippen LogP contribution in [-0.4, -0.2) is 44.4 Å². The SMILES string of the molecule is CC(C)=CCCC(C)=CC[N+](C)(C)CCOC1C2CC3CC(C2)CC1C3. The van der Waals surface area contributed by atoms with Crippen molar-refractivity contribution in [2.75, 3.05) is 33.8 Å². The second-order valence-corrected chi connectivity index (χ2v) is 10.5. The maximum absolute atomic E-state index is 6.51. The number of rotatable bonds is 9. The molecule has 0 aromatic carbocycles. The van der Waals surface area contributed by atoms with Gasteiger partial charge >= 0.3 is 0 Å². The molecule has 0 radical (unpaired) electrons. The molecule has 0 N–H and O–H groups in total. The third-order valence-electron chi connectivity index (χ3n) is 7.17. The van der Waals surface area contributed by atoms with E-state index >= 15 is 0 Å². The van der Waals surface area contributed by atoms with Crippen LogP contribution in [0.2, 0.25) is 0 Å². The van der Waals surface area contributed by atoms with Gasteiger partial charge in [0.1, 0.15) is 6.54 Å². The predicted octanol–water partition coefficient (Wildman–Crippen LogP) is 5.60. The lowest BCUT2D eigenvalue weighted by atomic mass is 9.55. The van der Waals surface area contributed by atoms with Gasteiger partial charge in [-0.15, -0.1) is 0 Å². The van der Waals surface area contributed by atoms with Gasteiger partial charge in [0, 0.05) is 0 Å². The molecule has 4 fully saturated rings. The molecule has 4 bridgehead atoms. The van der Waals surface area contributed by atoms with Gasteiger partial charge in [0.15, 0.2) is 0 Å². The zero-order valence-corrected chi connectivity index (χ0v) is 18.0. The molecule has 26 heavy (non-hydrogen) atoms. The van der Waals surface area contributed by atoms with Gasteiger partial charge in [-0.05, 0) is 95.5 Å². The molecule has 4 aliphatic rings. The van der Waals surface area contributed by atoms with E-state index in [0.717, 1.165) is 47.9 Å². The second kappa shape index (κ2) is 8.61. The Morgan fingerprint density at radius 1 is 0.923 bits per heavy atom. The van der Waals surface area contributed by atoms with Crippen LogP contribution < -0.4 is 0 Å². The highest BCUT2D eigenvalue weighted by Crippen LogP contribution is 2.54. The van der Waals surface area contributed by atoms with Crippen molar-refractivity contribution in [3.8, 4) is 0 Å². The lowest BCUT2D eigenvalue weighted by molar-refractivity contribution is -0.885. The van der Waals surface area contributed by atoms with Gasteiger partial charge in [-0.2, -0.15) is 0 Å². The van der Waals surface area contributed by atoms with Gasteiger partial charge in [0.25, 0.3) is 0 Å². The Kier molecular flexibility index (Phi) is 6.67. The first kappa shape index (κ1) is 20.1. The first-order valence-electron chi connectivity index (χ1n) is 11.0. The number of hydrogen-bond donors (Lipinski definition) is 0. The lowest BCUT2D eigenvalue weighted by Crippen LogP contribution is -2.50. The summed E-state index contributed by atoms with van der Waals surface area (Å²) in [4.78, 5) is 0. The van der Waals surface area contributed by atoms with Crippen molar-refractivity contribution >= 4 is 0 Å². The summed E-state index contributed by atoms with van der Waals surface area (Å²) >= 11 is 0. The van der Waals surface area contributed by atoms with Crippen molar-refractivity contribution in [2.45, 2.75) is 71.8 Å². The van der Waals surface area contributed by atoms with E-state index in [0.29, 0.717) is 6.10 Å². The Hall–Kier alpha value is -0.600. The average molecular weight is 361 g/mol. The molecule has 4 rings (SSSR count). The van der Waals surface area contributed by atoms with E-state index in [-0.39, 0.29) is 0 Å². The normalized spacial score (nSPS) is 33.6. The molecular formula is C24H42NO+. The number of allylic oxidation sites excluding steroid dienone is 3. The summed E-state index contributed by atoms with van der Waals surface area (Å²) in [5.41, 5.74) is 2.95. The average Bonchev–Trinajstić information content (AvgIpc) is 2.54. The molecule has 0 atom stereocenters. The highest BCUT2D eigenvalue weighted by molar-refractivity contribution is 5.02. The van der Waals surface area contributed by atoms with Crippen LogP contribution in [0.25, 0.3) is 0 Å². The number of ether oxygens (including phenoxy) is 1. The maximum atomic E-state index is 6.51. The van der Waals surface area contributed by atoms with Gasteiger partial charge in [0.2, 0.25) is 0 Å². The van der Waals surface area contributed by atoms with Crippen molar-refractivity contribution in [3.05, 3.63) is 23.3 Å². The minimum absolute atomic E-state index is 0.587. The molecule has 0 amide bonds. The molecule has 4 saturated carbocycles. The van der Waals surface area contributed by atoms with E-state index in [1.165, 1.54) is 56.1 Å². The number of nitrogens with zero attached hydrogens (tertiary/aromatic N) is 1. The van der Waals surface area contributed by atoms with E-state index < -0.39 is 0 Å². The van der Waals surface area contributed by atoms with Crippen LogP contribution in [-0.2, 0) is 4.74 Å². The summed E-state index contributed by atoms with van der Waals surface area (Å²) in [6.45, 7) is 9.83. The summed E-state index contributed by atoms with van der Waals surface area (Å²) in [5, 5.41) is 0. The van der Waals surface area contributed by atoms with Gasteiger partial charge in [-0.1, -0.05) is 17.2 Å². The zero-order valence-electron chi connectivity index (χ0n) is 18.0. The Bertz CT molecular complexity index is 498. The highest BCUT2D eigenvalue weighted by Gasteiger charge is 2.48. The van der Waals surface area contributed by atoms with E-state index in [1.807, 2.05) is 0 Å². The summed E-state index contributed by atoms with van der Waals surface area (Å²) in [7, 11) is 4.69. The van der Waals surface area contributed by atoms with Gasteiger partial charge < -0.3 is 9.22 Å². The Morgan fingerprint density at radius 2 is 1.54 bits per heavy atom. The third-order valence-corrected chi connectivity index (χ3v) is 7.17. The molecule has 0 aromatic heterocycles. The van der Waals surface area contributed by atoms with Gasteiger partial charge in [-0.3, -0.25) is 0 Å². The summed E-state index contributed by atoms with van der Waals surface area (Å²) in [5.74, 6) is 3.87. The zero-order chi connectivity index (χ0) is 18.7. The third kappa shape index (κ3) is 5.45. The fourth-order valence-electron chi connectivity index (χ4n) is 5.77. The first-order chi connectivity index (χ1) is 12.3. The van der Waals surface area contributed by atoms with Crippen LogP contribution in [0.1, 0.15) is 65.7 Å². The topological polar surface area (TPSA) is 9.23 Å². The molecule has 4 aliphatic carbocycles. The van der Waals surface area contributed by atoms with Crippen LogP contribution in [0, 0.1) is 23.7 Å². The van der Waals surface area contributed by atoms with Crippen LogP contribution in [0.3, 0.4) is 0 Å². The molecule has 0 aromatic rings. The summed E-state index contributed by atoms with van der Waals surface area (Å²) < 4.78 is 7.54. The van der Waals surface area contributed by atoms with Crippen LogP contribution in [0.15, 0.2) is 23.3 Å². The first-order valence-corrected chi connectivity index (χ1v) is 11.0. The van der Waals surface area contributed by atoms with Crippen LogP contribution in [0.4, 0.5) is 0 Å². The quantitative estimate of drug-likeness (QED) is 0.384. The van der Waals surface area contributed by atoms with Crippen molar-refractivity contribution < 1.29 is 9.22 Å². The molecule has 0 unspecified atom stereocenters. The highest BCUT2D eigenvalue weighted by atomic mass is 16.5. The smallest absolute Gasteiger partial charge is 0.102 e. The van der Waals surface area contributed by atoms with E-state index in [1.54, 1.807) is 0 Å². The van der Waals surface area contributed by atoms with Crippen molar-refractivity contribution in [1.29, 1.82) is 0 Å². The predicted molar refractivity (Wildman–Crippen MR) is 111 cm³/mol. The summed E-state index contributed by atoms with van der Waals surface area (Å²) in [6, 6.07) is 0. The summed E-state index contributed by atoms with van der Waals surface area (Å²) in [6.07, 6.45) is 15.1. The van der Waals surface area contributed by atoms with Crippen LogP contribution in [0.5, 0.6) is 0 Å². The molecule has 2 heteroatoms. The Balaban J connectivity index is 1.39. The molecular weight excluding hydrogens is 318 g/mol. The van der Waals surface area contributed by atoms with E-state index in [9.17, 15) is 0 Å². The molecule has 148 valence electrons. The number of quaternary nitrogens is 1. The fourth-order valence-corrected chi connectivity index (χ4v) is 5.77. The monoisotopic (exact) mass is 360 g/mol. The van der Waals surface area contributed by atoms with Crippen molar-refractivity contribution in [1.82, 2.24) is 0 Å². The minimum atomic E-state index is 0.587. The second-order valence-electron chi connectivity index (χ2n) is 10.5. The van der Waals surface area contributed by atoms with Gasteiger partial charge in [0.05, 0.1) is 33.4 Å². The Labute approximate surface area is 162 Å². The van der Waals surface area contributed by atoms with Crippen molar-refractivity contribution in [2.24, 2.45) is 23.7 Å². The molecule has 0 spiro atoms. The van der Waals surface area contributed by atoms with E-state index in [4.69, 9.17) is 4.74 Å². The number of likely N-dealkylation sites (N-methyl/N-ethyl adjacent to an activating group) is 1. The minimum Gasteiger partial charge on any atom is -0.372 e. The molecule has 0 saturated heterocycles. The molecule has 0 aliphatic heterocycles. The molecule has 0 heterocycles. The largest absolute Gasteiger partial charge is 0.372 e. The van der Waals surface area contributed by atoms with Crippen molar-refractivity contribution in [3.63, 3.8) is 0 Å². The molecule has 2 nitrogen and oxygen atoms in total. The van der Waals surface area contributed by atoms with Gasteiger partial charge in [-0.25, -0.2) is 0 Å². The Morgan fingerprint density at radius 3 is 2.12 bits per heavy atom. The fraction of sp³-hybridized carbons (Fsp3) is 0.833. The number of hydrogen-bond acceptors (Lipinski definition) is 1.